The van der Waals surface area contributed by atoms with Gasteiger partial charge in [0.1, 0.15) is 6.07 Å². The Morgan fingerprint density at radius 2 is 2.18 bits per heavy atom. The summed E-state index contributed by atoms with van der Waals surface area (Å²) in [5.74, 6) is 0. The maximum absolute atomic E-state index is 8.93. The zero-order valence-electron chi connectivity index (χ0n) is 10.3. The van der Waals surface area contributed by atoms with Crippen molar-refractivity contribution in [2.24, 2.45) is 5.41 Å². The molecule has 17 heavy (non-hydrogen) atoms. The molecule has 4 heteroatoms. The first-order valence-corrected chi connectivity index (χ1v) is 5.63. The van der Waals surface area contributed by atoms with Crippen LogP contribution >= 0.6 is 0 Å². The van der Waals surface area contributed by atoms with Gasteiger partial charge >= 0.3 is 0 Å². The highest BCUT2D eigenvalue weighted by atomic mass is 16.3. The van der Waals surface area contributed by atoms with Gasteiger partial charge in [0.2, 0.25) is 0 Å². The summed E-state index contributed by atoms with van der Waals surface area (Å²) in [4.78, 5) is 0. The third kappa shape index (κ3) is 3.97. The first-order chi connectivity index (χ1) is 7.98. The van der Waals surface area contributed by atoms with Gasteiger partial charge in [0.25, 0.3) is 0 Å². The summed E-state index contributed by atoms with van der Waals surface area (Å²) >= 11 is 0. The molecule has 0 saturated carbocycles. The molecule has 0 aromatic heterocycles. The molecule has 0 spiro atoms. The summed E-state index contributed by atoms with van der Waals surface area (Å²) < 4.78 is 0. The predicted molar refractivity (Wildman–Crippen MR) is 69.5 cm³/mol. The van der Waals surface area contributed by atoms with Crippen molar-refractivity contribution in [3.05, 3.63) is 23.8 Å². The number of nitrogens with one attached hydrogen (secondary N) is 1. The Morgan fingerprint density at radius 1 is 1.47 bits per heavy atom. The molecule has 1 rings (SSSR count). The van der Waals surface area contributed by atoms with Crippen molar-refractivity contribution in [3.8, 4) is 6.07 Å². The topological polar surface area (TPSA) is 82.1 Å². The monoisotopic (exact) mass is 233 g/mol. The number of hydrogen-bond donors (Lipinski definition) is 3. The van der Waals surface area contributed by atoms with Gasteiger partial charge in [-0.15, -0.1) is 0 Å². The summed E-state index contributed by atoms with van der Waals surface area (Å²) in [5, 5.41) is 21.0. The highest BCUT2D eigenvalue weighted by Gasteiger charge is 2.16. The smallest absolute Gasteiger partial charge is 0.101 e. The Balaban J connectivity index is 2.67. The van der Waals surface area contributed by atoms with Gasteiger partial charge in [0.15, 0.2) is 0 Å². The maximum Gasteiger partial charge on any atom is 0.101 e. The van der Waals surface area contributed by atoms with E-state index in [0.717, 1.165) is 18.7 Å². The summed E-state index contributed by atoms with van der Waals surface area (Å²) in [7, 11) is 0. The van der Waals surface area contributed by atoms with E-state index in [2.05, 4.69) is 25.2 Å². The minimum Gasteiger partial charge on any atom is -0.398 e. The van der Waals surface area contributed by atoms with Gasteiger partial charge in [-0.25, -0.2) is 0 Å². The van der Waals surface area contributed by atoms with Crippen molar-refractivity contribution < 1.29 is 5.11 Å². The first-order valence-electron chi connectivity index (χ1n) is 5.63. The van der Waals surface area contributed by atoms with E-state index in [4.69, 9.17) is 16.1 Å². The van der Waals surface area contributed by atoms with Crippen LogP contribution in [0, 0.1) is 16.7 Å². The number of anilines is 2. The van der Waals surface area contributed by atoms with E-state index in [0.29, 0.717) is 11.3 Å². The Hall–Kier alpha value is -1.73. The van der Waals surface area contributed by atoms with Gasteiger partial charge in [0.05, 0.1) is 5.56 Å². The average molecular weight is 233 g/mol. The summed E-state index contributed by atoms with van der Waals surface area (Å²) in [6, 6.07) is 7.37. The molecule has 4 N–H and O–H groups in total. The largest absolute Gasteiger partial charge is 0.398 e. The predicted octanol–water partition coefficient (Wildman–Crippen LogP) is 1.96. The van der Waals surface area contributed by atoms with Crippen LogP contribution in [-0.4, -0.2) is 18.3 Å². The summed E-state index contributed by atoms with van der Waals surface area (Å²) in [6.07, 6.45) is 0.736. The van der Waals surface area contributed by atoms with Gasteiger partial charge in [0, 0.05) is 24.5 Å². The number of benzene rings is 1. The van der Waals surface area contributed by atoms with Crippen LogP contribution in [0.2, 0.25) is 0 Å². The van der Waals surface area contributed by atoms with E-state index < -0.39 is 0 Å². The number of nitriles is 1. The van der Waals surface area contributed by atoms with Crippen LogP contribution in [0.15, 0.2) is 18.2 Å². The van der Waals surface area contributed by atoms with Gasteiger partial charge in [-0.2, -0.15) is 5.26 Å². The van der Waals surface area contributed by atoms with E-state index in [1.807, 2.05) is 6.07 Å². The molecule has 0 unspecified atom stereocenters. The summed E-state index contributed by atoms with van der Waals surface area (Å²) in [6.45, 7) is 5.08. The molecule has 0 heterocycles. The van der Waals surface area contributed by atoms with E-state index in [1.54, 1.807) is 12.1 Å². The van der Waals surface area contributed by atoms with Crippen LogP contribution in [0.1, 0.15) is 25.8 Å². The highest BCUT2D eigenvalue weighted by molar-refractivity contribution is 5.61. The van der Waals surface area contributed by atoms with E-state index in [1.165, 1.54) is 0 Å². The lowest BCUT2D eigenvalue weighted by Gasteiger charge is -2.24. The molecule has 0 fully saturated rings. The van der Waals surface area contributed by atoms with Crippen LogP contribution < -0.4 is 11.1 Å². The lowest BCUT2D eigenvalue weighted by molar-refractivity contribution is 0.220. The van der Waals surface area contributed by atoms with Crippen LogP contribution in [0.3, 0.4) is 0 Å². The van der Waals surface area contributed by atoms with E-state index >= 15 is 0 Å². The maximum atomic E-state index is 8.93. The van der Waals surface area contributed by atoms with Crippen molar-refractivity contribution >= 4 is 11.4 Å². The van der Waals surface area contributed by atoms with E-state index in [-0.39, 0.29) is 12.0 Å². The number of hydrogen-bond acceptors (Lipinski definition) is 4. The fourth-order valence-electron chi connectivity index (χ4n) is 1.50. The average Bonchev–Trinajstić information content (AvgIpc) is 2.28. The van der Waals surface area contributed by atoms with Crippen LogP contribution in [0.25, 0.3) is 0 Å². The SMILES string of the molecule is CC(C)(CCO)CNc1ccc(N)c(C#N)c1. The zero-order valence-corrected chi connectivity index (χ0v) is 10.3. The Labute approximate surface area is 102 Å². The fourth-order valence-corrected chi connectivity index (χ4v) is 1.50. The Kier molecular flexibility index (Phi) is 4.36. The molecule has 0 aliphatic rings. The lowest BCUT2D eigenvalue weighted by Crippen LogP contribution is -2.24. The van der Waals surface area contributed by atoms with Crippen LogP contribution in [0.5, 0.6) is 0 Å². The lowest BCUT2D eigenvalue weighted by atomic mass is 9.89. The second-order valence-electron chi connectivity index (χ2n) is 4.91. The third-order valence-corrected chi connectivity index (χ3v) is 2.73. The fraction of sp³-hybridized carbons (Fsp3) is 0.462. The first kappa shape index (κ1) is 13.3. The molecule has 0 aliphatic carbocycles. The number of aliphatic hydroxyl groups excluding tert-OH is 1. The minimum atomic E-state index is 0.0168. The molecular weight excluding hydrogens is 214 g/mol. The van der Waals surface area contributed by atoms with E-state index in [9.17, 15) is 0 Å². The highest BCUT2D eigenvalue weighted by Crippen LogP contribution is 2.22. The minimum absolute atomic E-state index is 0.0168. The van der Waals surface area contributed by atoms with Crippen molar-refractivity contribution in [3.63, 3.8) is 0 Å². The molecule has 1 aromatic rings. The quantitative estimate of drug-likeness (QED) is 0.679. The number of nitrogen functional groups attached to an aromatic ring is 1. The normalized spacial score (nSPS) is 10.9. The van der Waals surface area contributed by atoms with Crippen molar-refractivity contribution in [1.29, 1.82) is 5.26 Å². The molecule has 0 bridgehead atoms. The Morgan fingerprint density at radius 3 is 2.76 bits per heavy atom. The van der Waals surface area contributed by atoms with Crippen LogP contribution in [-0.2, 0) is 0 Å². The summed E-state index contributed by atoms with van der Waals surface area (Å²) in [5.41, 5.74) is 7.51. The van der Waals surface area contributed by atoms with Gasteiger partial charge in [-0.1, -0.05) is 13.8 Å². The van der Waals surface area contributed by atoms with Crippen molar-refractivity contribution in [1.82, 2.24) is 0 Å². The third-order valence-electron chi connectivity index (χ3n) is 2.73. The number of nitrogens with zero attached hydrogens (tertiary/aromatic N) is 1. The van der Waals surface area contributed by atoms with Crippen LogP contribution in [0.4, 0.5) is 11.4 Å². The Bertz CT molecular complexity index is 421. The number of aliphatic hydroxyl groups is 1. The molecule has 1 aromatic carbocycles. The molecule has 0 amide bonds. The zero-order chi connectivity index (χ0) is 12.9. The molecule has 4 nitrogen and oxygen atoms in total. The standard InChI is InChI=1S/C13H19N3O/c1-13(2,5-6-17)9-16-11-3-4-12(15)10(7-11)8-14/h3-4,7,16-17H,5-6,9,15H2,1-2H3. The second-order valence-corrected chi connectivity index (χ2v) is 4.91. The molecule has 0 saturated heterocycles. The molecule has 0 aliphatic heterocycles. The van der Waals surface area contributed by atoms with Gasteiger partial charge < -0.3 is 16.2 Å². The molecule has 92 valence electrons. The number of rotatable bonds is 5. The van der Waals surface area contributed by atoms with Crippen molar-refractivity contribution in [2.45, 2.75) is 20.3 Å². The second kappa shape index (κ2) is 5.55. The molecule has 0 atom stereocenters. The van der Waals surface area contributed by atoms with Gasteiger partial charge in [-0.3, -0.25) is 0 Å². The van der Waals surface area contributed by atoms with Gasteiger partial charge in [-0.05, 0) is 30.0 Å². The number of nitrogens with two attached hydrogens (primary N) is 1. The molecular formula is C13H19N3O. The molecule has 0 radical (unpaired) electrons. The van der Waals surface area contributed by atoms with Crippen molar-refractivity contribution in [2.75, 3.05) is 24.2 Å².